The number of ether oxygens (including phenoxy) is 1. The first-order chi connectivity index (χ1) is 12.1. The van der Waals surface area contributed by atoms with Crippen LogP contribution in [0.1, 0.15) is 41.7 Å². The Bertz CT molecular complexity index is 732. The van der Waals surface area contributed by atoms with Crippen LogP contribution in [-0.2, 0) is 0 Å². The Hall–Kier alpha value is -2.53. The second-order valence-electron chi connectivity index (χ2n) is 6.31. The lowest BCUT2D eigenvalue weighted by Gasteiger charge is -2.20. The Morgan fingerprint density at radius 3 is 2.84 bits per heavy atom. The molecule has 2 unspecified atom stereocenters. The van der Waals surface area contributed by atoms with Crippen molar-refractivity contribution in [3.63, 3.8) is 0 Å². The zero-order valence-corrected chi connectivity index (χ0v) is 14.4. The van der Waals surface area contributed by atoms with Gasteiger partial charge in [0.15, 0.2) is 0 Å². The van der Waals surface area contributed by atoms with Gasteiger partial charge in [-0.25, -0.2) is 4.79 Å². The predicted octanol–water partition coefficient (Wildman–Crippen LogP) is 3.24. The van der Waals surface area contributed by atoms with Crippen molar-refractivity contribution in [1.29, 1.82) is 0 Å². The summed E-state index contributed by atoms with van der Waals surface area (Å²) in [5.41, 5.74) is 2.83. The van der Waals surface area contributed by atoms with Crippen LogP contribution in [0, 0.1) is 6.92 Å². The van der Waals surface area contributed by atoms with Crippen LogP contribution < -0.4 is 15.4 Å². The summed E-state index contributed by atoms with van der Waals surface area (Å²) >= 11 is 0. The van der Waals surface area contributed by atoms with Crippen molar-refractivity contribution in [1.82, 2.24) is 10.6 Å². The van der Waals surface area contributed by atoms with E-state index in [2.05, 4.69) is 10.6 Å². The number of hydrogen-bond donors (Lipinski definition) is 3. The monoisotopic (exact) mass is 340 g/mol. The number of hydrogen-bond acceptors (Lipinski definition) is 3. The molecule has 0 saturated heterocycles. The van der Waals surface area contributed by atoms with E-state index in [1.54, 1.807) is 0 Å². The quantitative estimate of drug-likeness (QED) is 0.800. The third-order valence-corrected chi connectivity index (χ3v) is 4.50. The number of carbonyl (C=O) groups is 1. The number of rotatable bonds is 4. The fourth-order valence-corrected chi connectivity index (χ4v) is 3.14. The SMILES string of the molecule is Cc1ccccc1C(O)CNC(=O)NC1CCCOc2ccccc21. The average molecular weight is 340 g/mol. The first kappa shape index (κ1) is 17.3. The number of urea groups is 1. The Labute approximate surface area is 148 Å². The van der Waals surface area contributed by atoms with Gasteiger partial charge in [-0.3, -0.25) is 0 Å². The van der Waals surface area contributed by atoms with E-state index in [9.17, 15) is 9.90 Å². The molecule has 0 fully saturated rings. The van der Waals surface area contributed by atoms with Gasteiger partial charge in [-0.1, -0.05) is 42.5 Å². The number of benzene rings is 2. The van der Waals surface area contributed by atoms with E-state index in [1.165, 1.54) is 0 Å². The molecular formula is C20H24N2O3. The van der Waals surface area contributed by atoms with Crippen LogP contribution in [0.15, 0.2) is 48.5 Å². The van der Waals surface area contributed by atoms with Crippen molar-refractivity contribution in [2.75, 3.05) is 13.2 Å². The fourth-order valence-electron chi connectivity index (χ4n) is 3.14. The van der Waals surface area contributed by atoms with E-state index < -0.39 is 6.10 Å². The number of fused-ring (bicyclic) bond motifs is 1. The van der Waals surface area contributed by atoms with Crippen molar-refractivity contribution in [2.45, 2.75) is 31.9 Å². The molecule has 2 atom stereocenters. The number of amides is 2. The molecule has 0 radical (unpaired) electrons. The van der Waals surface area contributed by atoms with Gasteiger partial charge in [0.25, 0.3) is 0 Å². The van der Waals surface area contributed by atoms with Crippen LogP contribution in [0.3, 0.4) is 0 Å². The van der Waals surface area contributed by atoms with Crippen LogP contribution in [0.5, 0.6) is 5.75 Å². The topological polar surface area (TPSA) is 70.6 Å². The highest BCUT2D eigenvalue weighted by Crippen LogP contribution is 2.31. The predicted molar refractivity (Wildman–Crippen MR) is 96.6 cm³/mol. The highest BCUT2D eigenvalue weighted by atomic mass is 16.5. The molecule has 0 bridgehead atoms. The van der Waals surface area contributed by atoms with Crippen molar-refractivity contribution in [3.8, 4) is 5.75 Å². The summed E-state index contributed by atoms with van der Waals surface area (Å²) in [7, 11) is 0. The van der Waals surface area contributed by atoms with Crippen molar-refractivity contribution in [2.24, 2.45) is 0 Å². The minimum absolute atomic E-state index is 0.0886. The van der Waals surface area contributed by atoms with Crippen LogP contribution in [0.25, 0.3) is 0 Å². The Kier molecular flexibility index (Phi) is 5.56. The molecule has 1 heterocycles. The molecule has 1 aliphatic rings. The maximum absolute atomic E-state index is 12.3. The van der Waals surface area contributed by atoms with E-state index in [-0.39, 0.29) is 18.6 Å². The molecule has 25 heavy (non-hydrogen) atoms. The number of aliphatic hydroxyl groups is 1. The molecule has 2 aromatic carbocycles. The van der Waals surface area contributed by atoms with Crippen LogP contribution in [-0.4, -0.2) is 24.3 Å². The van der Waals surface area contributed by atoms with E-state index >= 15 is 0 Å². The van der Waals surface area contributed by atoms with Crippen LogP contribution in [0.4, 0.5) is 4.79 Å². The summed E-state index contributed by atoms with van der Waals surface area (Å²) in [6, 6.07) is 15.0. The van der Waals surface area contributed by atoms with Crippen molar-refractivity contribution < 1.29 is 14.6 Å². The number of para-hydroxylation sites is 1. The smallest absolute Gasteiger partial charge is 0.315 e. The van der Waals surface area contributed by atoms with Gasteiger partial charge in [-0.15, -0.1) is 0 Å². The summed E-state index contributed by atoms with van der Waals surface area (Å²) in [6.07, 6.45) is 0.979. The highest BCUT2D eigenvalue weighted by Gasteiger charge is 2.21. The van der Waals surface area contributed by atoms with Gasteiger partial charge in [-0.05, 0) is 37.0 Å². The molecule has 2 aromatic rings. The minimum atomic E-state index is -0.725. The number of carbonyl (C=O) groups excluding carboxylic acids is 1. The second kappa shape index (κ2) is 8.03. The van der Waals surface area contributed by atoms with Gasteiger partial charge in [0.2, 0.25) is 0 Å². The summed E-state index contributed by atoms with van der Waals surface area (Å²) in [4.78, 5) is 12.3. The van der Waals surface area contributed by atoms with Gasteiger partial charge in [0, 0.05) is 12.1 Å². The van der Waals surface area contributed by atoms with Gasteiger partial charge >= 0.3 is 6.03 Å². The zero-order valence-electron chi connectivity index (χ0n) is 14.4. The molecule has 5 heteroatoms. The lowest BCUT2D eigenvalue weighted by atomic mass is 10.0. The first-order valence-corrected chi connectivity index (χ1v) is 8.65. The molecule has 3 rings (SSSR count). The molecule has 0 aliphatic carbocycles. The molecule has 132 valence electrons. The summed E-state index contributed by atoms with van der Waals surface area (Å²) in [6.45, 7) is 2.77. The standard InChI is InChI=1S/C20H24N2O3/c1-14-7-2-3-8-15(14)18(23)13-21-20(24)22-17-10-6-12-25-19-11-5-4-9-16(17)19/h2-5,7-9,11,17-18,23H,6,10,12-13H2,1H3,(H2,21,22,24). The molecule has 0 aromatic heterocycles. The third-order valence-electron chi connectivity index (χ3n) is 4.50. The molecule has 3 N–H and O–H groups in total. The van der Waals surface area contributed by atoms with E-state index in [4.69, 9.17) is 4.74 Å². The van der Waals surface area contributed by atoms with Crippen molar-refractivity contribution in [3.05, 3.63) is 65.2 Å². The fraction of sp³-hybridized carbons (Fsp3) is 0.350. The average Bonchev–Trinajstić information content (AvgIpc) is 2.83. The molecule has 0 saturated carbocycles. The third kappa shape index (κ3) is 4.31. The van der Waals surface area contributed by atoms with Gasteiger partial charge in [0.05, 0.1) is 18.8 Å². The number of aryl methyl sites for hydroxylation is 1. The van der Waals surface area contributed by atoms with E-state index in [1.807, 2.05) is 55.5 Å². The minimum Gasteiger partial charge on any atom is -0.493 e. The Morgan fingerprint density at radius 2 is 2.00 bits per heavy atom. The molecule has 1 aliphatic heterocycles. The Morgan fingerprint density at radius 1 is 1.24 bits per heavy atom. The highest BCUT2D eigenvalue weighted by molar-refractivity contribution is 5.74. The molecule has 5 nitrogen and oxygen atoms in total. The zero-order chi connectivity index (χ0) is 17.6. The number of aliphatic hydroxyl groups excluding tert-OH is 1. The van der Waals surface area contributed by atoms with Crippen molar-refractivity contribution >= 4 is 6.03 Å². The Balaban J connectivity index is 1.59. The lowest BCUT2D eigenvalue weighted by Crippen LogP contribution is -2.39. The first-order valence-electron chi connectivity index (χ1n) is 8.65. The van der Waals surface area contributed by atoms with Crippen LogP contribution in [0.2, 0.25) is 0 Å². The van der Waals surface area contributed by atoms with Gasteiger partial charge in [-0.2, -0.15) is 0 Å². The molecule has 0 spiro atoms. The second-order valence-corrected chi connectivity index (χ2v) is 6.31. The van der Waals surface area contributed by atoms with E-state index in [0.29, 0.717) is 6.61 Å². The van der Waals surface area contributed by atoms with Gasteiger partial charge < -0.3 is 20.5 Å². The maximum atomic E-state index is 12.3. The maximum Gasteiger partial charge on any atom is 0.315 e. The van der Waals surface area contributed by atoms with Crippen LogP contribution >= 0.6 is 0 Å². The van der Waals surface area contributed by atoms with Gasteiger partial charge in [0.1, 0.15) is 5.75 Å². The van der Waals surface area contributed by atoms with E-state index in [0.717, 1.165) is 35.3 Å². The normalized spacial score (nSPS) is 17.6. The molecular weight excluding hydrogens is 316 g/mol. The lowest BCUT2D eigenvalue weighted by molar-refractivity contribution is 0.171. The summed E-state index contributed by atoms with van der Waals surface area (Å²) in [5.74, 6) is 0.824. The summed E-state index contributed by atoms with van der Waals surface area (Å²) in [5, 5.41) is 16.1. The summed E-state index contributed by atoms with van der Waals surface area (Å²) < 4.78 is 5.72. The number of nitrogens with one attached hydrogen (secondary N) is 2. The largest absolute Gasteiger partial charge is 0.493 e. The molecule has 2 amide bonds.